The molecule has 0 aromatic carbocycles. The Labute approximate surface area is 103 Å². The number of aryl methyl sites for hydroxylation is 2. The summed E-state index contributed by atoms with van der Waals surface area (Å²) >= 11 is 0. The lowest BCUT2D eigenvalue weighted by molar-refractivity contribution is -0.133. The highest BCUT2D eigenvalue weighted by atomic mass is 16.2. The summed E-state index contributed by atoms with van der Waals surface area (Å²) < 4.78 is 1.80. The molecule has 1 aromatic heterocycles. The molecule has 1 aliphatic rings. The third-order valence-corrected chi connectivity index (χ3v) is 3.40. The Morgan fingerprint density at radius 1 is 1.53 bits per heavy atom. The summed E-state index contributed by atoms with van der Waals surface area (Å²) in [5.41, 5.74) is 2.03. The van der Waals surface area contributed by atoms with Crippen LogP contribution in [-0.4, -0.2) is 33.7 Å². The van der Waals surface area contributed by atoms with Crippen molar-refractivity contribution in [2.45, 2.75) is 40.2 Å². The molecule has 2 rings (SSSR count). The number of likely N-dealkylation sites (tertiary alicyclic amines) is 1. The van der Waals surface area contributed by atoms with Crippen LogP contribution >= 0.6 is 0 Å². The van der Waals surface area contributed by atoms with Gasteiger partial charge in [0.15, 0.2) is 0 Å². The van der Waals surface area contributed by atoms with Crippen LogP contribution < -0.4 is 0 Å². The number of nitrogens with zero attached hydrogens (tertiary/aromatic N) is 3. The van der Waals surface area contributed by atoms with Gasteiger partial charge in [0.05, 0.1) is 5.69 Å². The molecule has 1 atom stereocenters. The number of aromatic nitrogens is 2. The Morgan fingerprint density at radius 2 is 2.29 bits per heavy atom. The van der Waals surface area contributed by atoms with Gasteiger partial charge in [-0.25, -0.2) is 0 Å². The number of carbonyl (C=O) groups is 1. The van der Waals surface area contributed by atoms with E-state index >= 15 is 0 Å². The Bertz CT molecular complexity index is 411. The van der Waals surface area contributed by atoms with Crippen molar-refractivity contribution < 1.29 is 4.79 Å². The number of hydrogen-bond acceptors (Lipinski definition) is 2. The third-order valence-electron chi connectivity index (χ3n) is 3.40. The monoisotopic (exact) mass is 235 g/mol. The fourth-order valence-electron chi connectivity index (χ4n) is 2.48. The second-order valence-electron chi connectivity index (χ2n) is 5.17. The molecule has 0 spiro atoms. The van der Waals surface area contributed by atoms with E-state index in [1.54, 1.807) is 4.68 Å². The van der Waals surface area contributed by atoms with Gasteiger partial charge in [-0.1, -0.05) is 6.92 Å². The summed E-state index contributed by atoms with van der Waals surface area (Å²) in [6.45, 7) is 8.35. The van der Waals surface area contributed by atoms with Crippen molar-refractivity contribution in [3.63, 3.8) is 0 Å². The van der Waals surface area contributed by atoms with Crippen molar-refractivity contribution in [2.24, 2.45) is 5.92 Å². The largest absolute Gasteiger partial charge is 0.341 e. The van der Waals surface area contributed by atoms with Gasteiger partial charge in [0.1, 0.15) is 6.54 Å². The molecule has 1 amide bonds. The highest BCUT2D eigenvalue weighted by Crippen LogP contribution is 2.16. The van der Waals surface area contributed by atoms with Crippen molar-refractivity contribution in [1.29, 1.82) is 0 Å². The molecule has 94 valence electrons. The van der Waals surface area contributed by atoms with Gasteiger partial charge in [0.25, 0.3) is 0 Å². The van der Waals surface area contributed by atoms with Crippen molar-refractivity contribution in [3.05, 3.63) is 17.5 Å². The van der Waals surface area contributed by atoms with Gasteiger partial charge in [-0.05, 0) is 38.7 Å². The second-order valence-corrected chi connectivity index (χ2v) is 5.17. The minimum atomic E-state index is 0.197. The zero-order valence-corrected chi connectivity index (χ0v) is 10.9. The van der Waals surface area contributed by atoms with Crippen molar-refractivity contribution in [1.82, 2.24) is 14.7 Å². The summed E-state index contributed by atoms with van der Waals surface area (Å²) in [7, 11) is 0. The summed E-state index contributed by atoms with van der Waals surface area (Å²) in [5, 5.41) is 4.33. The van der Waals surface area contributed by atoms with E-state index < -0.39 is 0 Å². The van der Waals surface area contributed by atoms with Crippen LogP contribution in [-0.2, 0) is 11.3 Å². The molecule has 0 N–H and O–H groups in total. The van der Waals surface area contributed by atoms with E-state index in [1.165, 1.54) is 6.42 Å². The van der Waals surface area contributed by atoms with Gasteiger partial charge >= 0.3 is 0 Å². The Hall–Kier alpha value is -1.32. The molecule has 0 saturated carbocycles. The van der Waals surface area contributed by atoms with Gasteiger partial charge < -0.3 is 4.90 Å². The van der Waals surface area contributed by atoms with Crippen LogP contribution in [0.3, 0.4) is 0 Å². The average Bonchev–Trinajstić information content (AvgIpc) is 2.57. The van der Waals surface area contributed by atoms with E-state index in [-0.39, 0.29) is 5.91 Å². The number of rotatable bonds is 2. The zero-order chi connectivity index (χ0) is 12.4. The molecule has 1 aliphatic heterocycles. The van der Waals surface area contributed by atoms with E-state index in [0.717, 1.165) is 30.9 Å². The number of piperidine rings is 1. The molecule has 1 unspecified atom stereocenters. The smallest absolute Gasteiger partial charge is 0.244 e. The molecule has 1 aromatic rings. The van der Waals surface area contributed by atoms with E-state index in [1.807, 2.05) is 24.8 Å². The van der Waals surface area contributed by atoms with Crippen LogP contribution in [0.5, 0.6) is 0 Å². The highest BCUT2D eigenvalue weighted by molar-refractivity contribution is 5.76. The molecule has 0 radical (unpaired) electrons. The maximum absolute atomic E-state index is 12.1. The van der Waals surface area contributed by atoms with E-state index in [9.17, 15) is 4.79 Å². The predicted molar refractivity (Wildman–Crippen MR) is 66.7 cm³/mol. The summed E-state index contributed by atoms with van der Waals surface area (Å²) in [5.74, 6) is 0.830. The molecule has 4 heteroatoms. The number of carbonyl (C=O) groups excluding carboxylic acids is 1. The summed E-state index contributed by atoms with van der Waals surface area (Å²) in [4.78, 5) is 14.1. The lowest BCUT2D eigenvalue weighted by Gasteiger charge is -2.31. The van der Waals surface area contributed by atoms with Gasteiger partial charge in [-0.2, -0.15) is 5.10 Å². The van der Waals surface area contributed by atoms with Gasteiger partial charge in [-0.15, -0.1) is 0 Å². The van der Waals surface area contributed by atoms with Gasteiger partial charge in [0, 0.05) is 18.8 Å². The third kappa shape index (κ3) is 2.87. The highest BCUT2D eigenvalue weighted by Gasteiger charge is 2.21. The minimum absolute atomic E-state index is 0.197. The van der Waals surface area contributed by atoms with Crippen molar-refractivity contribution >= 4 is 5.91 Å². The molecule has 2 heterocycles. The first-order valence-corrected chi connectivity index (χ1v) is 6.35. The first kappa shape index (κ1) is 12.1. The van der Waals surface area contributed by atoms with E-state index in [4.69, 9.17) is 0 Å². The molecule has 1 fully saturated rings. The SMILES string of the molecule is Cc1cc(C)n(CC(=O)N2CCCC(C)C2)n1. The normalized spacial score (nSPS) is 20.6. The zero-order valence-electron chi connectivity index (χ0n) is 10.9. The maximum Gasteiger partial charge on any atom is 0.244 e. The van der Waals surface area contributed by atoms with Crippen molar-refractivity contribution in [3.8, 4) is 0 Å². The Morgan fingerprint density at radius 3 is 2.88 bits per heavy atom. The fraction of sp³-hybridized carbons (Fsp3) is 0.692. The van der Waals surface area contributed by atoms with Crippen LogP contribution in [0.2, 0.25) is 0 Å². The summed E-state index contributed by atoms with van der Waals surface area (Å²) in [6, 6.07) is 2.01. The van der Waals surface area contributed by atoms with Crippen LogP contribution in [0.1, 0.15) is 31.2 Å². The molecule has 4 nitrogen and oxygen atoms in total. The fourth-order valence-corrected chi connectivity index (χ4v) is 2.48. The van der Waals surface area contributed by atoms with E-state index in [0.29, 0.717) is 12.5 Å². The quantitative estimate of drug-likeness (QED) is 0.783. The van der Waals surface area contributed by atoms with Gasteiger partial charge in [-0.3, -0.25) is 9.48 Å². The first-order chi connectivity index (χ1) is 8.06. The topological polar surface area (TPSA) is 38.1 Å². The standard InChI is InChI=1S/C13H21N3O/c1-10-5-4-6-15(8-10)13(17)9-16-12(3)7-11(2)14-16/h7,10H,4-6,8-9H2,1-3H3. The predicted octanol–water partition coefficient (Wildman–Crippen LogP) is 1.76. The molecule has 1 saturated heterocycles. The van der Waals surface area contributed by atoms with Crippen LogP contribution in [0.15, 0.2) is 6.07 Å². The van der Waals surface area contributed by atoms with Crippen LogP contribution in [0, 0.1) is 19.8 Å². The lowest BCUT2D eigenvalue weighted by atomic mass is 10.0. The lowest BCUT2D eigenvalue weighted by Crippen LogP contribution is -2.41. The first-order valence-electron chi connectivity index (χ1n) is 6.35. The summed E-state index contributed by atoms with van der Waals surface area (Å²) in [6.07, 6.45) is 2.37. The number of amides is 1. The van der Waals surface area contributed by atoms with Crippen molar-refractivity contribution in [2.75, 3.05) is 13.1 Å². The number of hydrogen-bond donors (Lipinski definition) is 0. The molecule has 0 bridgehead atoms. The van der Waals surface area contributed by atoms with Crippen LogP contribution in [0.4, 0.5) is 0 Å². The molecular formula is C13H21N3O. The maximum atomic E-state index is 12.1. The average molecular weight is 235 g/mol. The second kappa shape index (κ2) is 4.90. The molecule has 17 heavy (non-hydrogen) atoms. The minimum Gasteiger partial charge on any atom is -0.341 e. The Kier molecular flexibility index (Phi) is 3.50. The molecule has 0 aliphatic carbocycles. The molecular weight excluding hydrogens is 214 g/mol. The van der Waals surface area contributed by atoms with E-state index in [2.05, 4.69) is 12.0 Å². The van der Waals surface area contributed by atoms with Crippen LogP contribution in [0.25, 0.3) is 0 Å². The van der Waals surface area contributed by atoms with Gasteiger partial charge in [0.2, 0.25) is 5.91 Å². The Balaban J connectivity index is 1.99.